The lowest BCUT2D eigenvalue weighted by molar-refractivity contribution is -0.137. The molecule has 0 radical (unpaired) electrons. The van der Waals surface area contributed by atoms with Crippen LogP contribution in [0.5, 0.6) is 0 Å². The molecule has 1 saturated heterocycles. The molecule has 2 N–H and O–H groups in total. The van der Waals surface area contributed by atoms with Gasteiger partial charge in [0.1, 0.15) is 6.04 Å². The number of carbonyl (C=O) groups excluding carboxylic acids is 2. The highest BCUT2D eigenvalue weighted by atomic mass is 32.2. The molecule has 0 aliphatic carbocycles. The summed E-state index contributed by atoms with van der Waals surface area (Å²) in [4.78, 5) is 28.2. The Labute approximate surface area is 221 Å². The van der Waals surface area contributed by atoms with Crippen molar-refractivity contribution >= 4 is 21.8 Å². The smallest absolute Gasteiger partial charge is 0.245 e. The average Bonchev–Trinajstić information content (AvgIpc) is 3.36. The van der Waals surface area contributed by atoms with Crippen molar-refractivity contribution in [2.75, 3.05) is 32.9 Å². The van der Waals surface area contributed by atoms with Gasteiger partial charge in [-0.05, 0) is 57.2 Å². The Kier molecular flexibility index (Phi) is 10.7. The van der Waals surface area contributed by atoms with Gasteiger partial charge < -0.3 is 15.5 Å². The second-order valence-electron chi connectivity index (χ2n) is 9.78. The number of nitrogens with one attached hydrogen (secondary N) is 2. The summed E-state index contributed by atoms with van der Waals surface area (Å²) in [5.74, 6) is -0.378. The second kappa shape index (κ2) is 13.7. The standard InChI is InChI=1S/C28H40N4O4S/c1-22(29-2)27(33)30-26(17-16-23-11-6-4-7-12-23)28(34)32-19-10-15-25(32)21-31(37(3,35)36)20-18-24-13-8-5-9-14-24/h4-9,11-14,22,25-26,29H,10,15-21H2,1-3H3,(H,30,33)/t22-,25-,26-/m0/s1. The van der Waals surface area contributed by atoms with E-state index in [2.05, 4.69) is 10.6 Å². The molecule has 3 atom stereocenters. The van der Waals surface area contributed by atoms with Gasteiger partial charge in [0.15, 0.2) is 0 Å². The molecule has 2 amide bonds. The Morgan fingerprint density at radius 3 is 2.19 bits per heavy atom. The molecule has 0 spiro atoms. The van der Waals surface area contributed by atoms with Crippen molar-refractivity contribution in [3.8, 4) is 0 Å². The third kappa shape index (κ3) is 8.66. The summed E-state index contributed by atoms with van der Waals surface area (Å²) in [7, 11) is -1.75. The number of sulfonamides is 1. The first kappa shape index (κ1) is 28.8. The summed E-state index contributed by atoms with van der Waals surface area (Å²) < 4.78 is 26.7. The first-order chi connectivity index (χ1) is 17.7. The topological polar surface area (TPSA) is 98.8 Å². The molecule has 0 aromatic heterocycles. The van der Waals surface area contributed by atoms with Crippen LogP contribution in [-0.4, -0.2) is 80.5 Å². The first-order valence-electron chi connectivity index (χ1n) is 13.0. The highest BCUT2D eigenvalue weighted by Crippen LogP contribution is 2.22. The van der Waals surface area contributed by atoms with Gasteiger partial charge in [-0.2, -0.15) is 4.31 Å². The van der Waals surface area contributed by atoms with E-state index < -0.39 is 22.1 Å². The summed E-state index contributed by atoms with van der Waals surface area (Å²) in [6, 6.07) is 18.3. The van der Waals surface area contributed by atoms with Crippen LogP contribution in [0.15, 0.2) is 60.7 Å². The van der Waals surface area contributed by atoms with Gasteiger partial charge in [0, 0.05) is 25.7 Å². The molecule has 0 saturated carbocycles. The summed E-state index contributed by atoms with van der Waals surface area (Å²) >= 11 is 0. The summed E-state index contributed by atoms with van der Waals surface area (Å²) in [5, 5.41) is 5.86. The van der Waals surface area contributed by atoms with Crippen LogP contribution in [0.25, 0.3) is 0 Å². The molecule has 1 fully saturated rings. The van der Waals surface area contributed by atoms with E-state index in [-0.39, 0.29) is 24.4 Å². The van der Waals surface area contributed by atoms with Crippen LogP contribution < -0.4 is 10.6 Å². The minimum Gasteiger partial charge on any atom is -0.343 e. The molecule has 0 unspecified atom stereocenters. The average molecular weight is 529 g/mol. The molecule has 1 aliphatic rings. The lowest BCUT2D eigenvalue weighted by Gasteiger charge is -2.32. The molecular weight excluding hydrogens is 488 g/mol. The van der Waals surface area contributed by atoms with E-state index in [1.165, 1.54) is 10.6 Å². The number of amides is 2. The number of benzene rings is 2. The maximum Gasteiger partial charge on any atom is 0.245 e. The van der Waals surface area contributed by atoms with Crippen molar-refractivity contribution < 1.29 is 18.0 Å². The number of carbonyl (C=O) groups is 2. The Morgan fingerprint density at radius 1 is 1.03 bits per heavy atom. The third-order valence-corrected chi connectivity index (χ3v) is 8.31. The molecule has 202 valence electrons. The maximum atomic E-state index is 13.8. The van der Waals surface area contributed by atoms with E-state index in [0.717, 1.165) is 24.0 Å². The number of hydrogen-bond acceptors (Lipinski definition) is 5. The molecular formula is C28H40N4O4S. The Hall–Kier alpha value is -2.75. The van der Waals surface area contributed by atoms with Crippen molar-refractivity contribution in [1.82, 2.24) is 19.8 Å². The first-order valence-corrected chi connectivity index (χ1v) is 14.8. The van der Waals surface area contributed by atoms with Crippen molar-refractivity contribution in [3.63, 3.8) is 0 Å². The predicted molar refractivity (Wildman–Crippen MR) is 147 cm³/mol. The van der Waals surface area contributed by atoms with Gasteiger partial charge in [0.05, 0.1) is 12.3 Å². The Bertz CT molecular complexity index is 1110. The summed E-state index contributed by atoms with van der Waals surface area (Å²) in [6.45, 7) is 2.92. The number of hydrogen-bond donors (Lipinski definition) is 2. The van der Waals surface area contributed by atoms with Gasteiger partial charge >= 0.3 is 0 Å². The minimum absolute atomic E-state index is 0.147. The molecule has 2 aromatic rings. The van der Waals surface area contributed by atoms with Gasteiger partial charge in [-0.15, -0.1) is 0 Å². The fraction of sp³-hybridized carbons (Fsp3) is 0.500. The third-order valence-electron chi connectivity index (χ3n) is 7.04. The van der Waals surface area contributed by atoms with Gasteiger partial charge in [-0.3, -0.25) is 9.59 Å². The monoisotopic (exact) mass is 528 g/mol. The van der Waals surface area contributed by atoms with E-state index in [9.17, 15) is 18.0 Å². The van der Waals surface area contributed by atoms with Gasteiger partial charge in [0.2, 0.25) is 21.8 Å². The maximum absolute atomic E-state index is 13.8. The van der Waals surface area contributed by atoms with E-state index in [4.69, 9.17) is 0 Å². The van der Waals surface area contributed by atoms with E-state index in [1.54, 1.807) is 18.9 Å². The Morgan fingerprint density at radius 2 is 1.62 bits per heavy atom. The molecule has 1 aliphatic heterocycles. The summed E-state index contributed by atoms with van der Waals surface area (Å²) in [5.41, 5.74) is 2.16. The Balaban J connectivity index is 1.72. The fourth-order valence-electron chi connectivity index (χ4n) is 4.68. The van der Waals surface area contributed by atoms with Gasteiger partial charge in [0.25, 0.3) is 0 Å². The molecule has 3 rings (SSSR count). The van der Waals surface area contributed by atoms with Crippen LogP contribution in [0, 0.1) is 0 Å². The van der Waals surface area contributed by atoms with E-state index in [1.807, 2.05) is 60.7 Å². The number of likely N-dealkylation sites (tertiary alicyclic amines) is 1. The fourth-order valence-corrected chi connectivity index (χ4v) is 5.55. The normalized spacial score (nSPS) is 17.5. The zero-order valence-electron chi connectivity index (χ0n) is 22.1. The lowest BCUT2D eigenvalue weighted by atomic mass is 10.0. The van der Waals surface area contributed by atoms with Crippen molar-refractivity contribution in [3.05, 3.63) is 71.8 Å². The molecule has 8 nitrogen and oxygen atoms in total. The molecule has 37 heavy (non-hydrogen) atoms. The largest absolute Gasteiger partial charge is 0.343 e. The quantitative estimate of drug-likeness (QED) is 0.415. The van der Waals surface area contributed by atoms with Gasteiger partial charge in [-0.25, -0.2) is 8.42 Å². The number of aryl methyl sites for hydroxylation is 1. The SMILES string of the molecule is CN[C@@H](C)C(=O)N[C@@H](CCc1ccccc1)C(=O)N1CCC[C@H]1CN(CCc1ccccc1)S(C)(=O)=O. The van der Waals surface area contributed by atoms with Crippen molar-refractivity contribution in [2.24, 2.45) is 0 Å². The van der Waals surface area contributed by atoms with Crippen molar-refractivity contribution in [1.29, 1.82) is 0 Å². The molecule has 1 heterocycles. The predicted octanol–water partition coefficient (Wildman–Crippen LogP) is 2.21. The molecule has 2 aromatic carbocycles. The molecule has 9 heteroatoms. The summed E-state index contributed by atoms with van der Waals surface area (Å²) in [6.07, 6.45) is 4.48. The van der Waals surface area contributed by atoms with Gasteiger partial charge in [-0.1, -0.05) is 60.7 Å². The van der Waals surface area contributed by atoms with E-state index in [0.29, 0.717) is 32.4 Å². The highest BCUT2D eigenvalue weighted by Gasteiger charge is 2.36. The zero-order chi connectivity index (χ0) is 26.8. The van der Waals surface area contributed by atoms with Crippen LogP contribution in [0.3, 0.4) is 0 Å². The lowest BCUT2D eigenvalue weighted by Crippen LogP contribution is -2.55. The number of likely N-dealkylation sites (N-methyl/N-ethyl adjacent to an activating group) is 1. The zero-order valence-corrected chi connectivity index (χ0v) is 22.9. The minimum atomic E-state index is -3.45. The van der Waals surface area contributed by atoms with Crippen LogP contribution >= 0.6 is 0 Å². The number of rotatable bonds is 13. The molecule has 0 bridgehead atoms. The van der Waals surface area contributed by atoms with Crippen molar-refractivity contribution in [2.45, 2.75) is 57.2 Å². The van der Waals surface area contributed by atoms with Crippen LogP contribution in [0.4, 0.5) is 0 Å². The highest BCUT2D eigenvalue weighted by molar-refractivity contribution is 7.88. The van der Waals surface area contributed by atoms with Crippen LogP contribution in [0.1, 0.15) is 37.3 Å². The number of nitrogens with zero attached hydrogens (tertiary/aromatic N) is 2. The second-order valence-corrected chi connectivity index (χ2v) is 11.8. The van der Waals surface area contributed by atoms with E-state index >= 15 is 0 Å². The van der Waals surface area contributed by atoms with Crippen LogP contribution in [-0.2, 0) is 32.5 Å². The van der Waals surface area contributed by atoms with Crippen LogP contribution in [0.2, 0.25) is 0 Å².